The lowest BCUT2D eigenvalue weighted by atomic mass is 10.1. The summed E-state index contributed by atoms with van der Waals surface area (Å²) < 4.78 is 13.0. The van der Waals surface area contributed by atoms with E-state index in [0.717, 1.165) is 10.5 Å². The van der Waals surface area contributed by atoms with E-state index in [1.165, 1.54) is 17.8 Å². The zero-order valence-electron chi connectivity index (χ0n) is 10.1. The smallest absolute Gasteiger partial charge is 0.251 e. The van der Waals surface area contributed by atoms with Gasteiger partial charge in [0, 0.05) is 22.6 Å². The van der Waals surface area contributed by atoms with Gasteiger partial charge in [0.05, 0.1) is 5.75 Å². The van der Waals surface area contributed by atoms with Crippen LogP contribution in [0.4, 0.5) is 4.39 Å². The predicted molar refractivity (Wildman–Crippen MR) is 74.1 cm³/mol. The van der Waals surface area contributed by atoms with Gasteiger partial charge >= 0.3 is 0 Å². The molecule has 0 saturated heterocycles. The highest BCUT2D eigenvalue weighted by atomic mass is 32.2. The lowest BCUT2D eigenvalue weighted by molar-refractivity contribution is 0.0955. The van der Waals surface area contributed by atoms with Gasteiger partial charge < -0.3 is 5.32 Å². The molecule has 1 amide bonds. The number of hydrogen-bond acceptors (Lipinski definition) is 2. The maximum atomic E-state index is 13.0. The molecule has 0 fully saturated rings. The molecular weight excluding hydrogens is 249 g/mol. The van der Waals surface area contributed by atoms with Crippen LogP contribution >= 0.6 is 11.8 Å². The number of amides is 1. The zero-order chi connectivity index (χ0) is 13.0. The SMILES string of the molecule is CCNC(=O)c1ccccc1C1=CC=C(F)CS1. The minimum absolute atomic E-state index is 0.0929. The molecule has 1 N–H and O–H groups in total. The highest BCUT2D eigenvalue weighted by molar-refractivity contribution is 8.08. The summed E-state index contributed by atoms with van der Waals surface area (Å²) >= 11 is 1.41. The van der Waals surface area contributed by atoms with Gasteiger partial charge in [-0.3, -0.25) is 4.79 Å². The normalized spacial score (nSPS) is 14.8. The zero-order valence-corrected chi connectivity index (χ0v) is 10.9. The average molecular weight is 263 g/mol. The van der Waals surface area contributed by atoms with E-state index < -0.39 is 0 Å². The first-order chi connectivity index (χ1) is 8.72. The first-order valence-electron chi connectivity index (χ1n) is 5.79. The van der Waals surface area contributed by atoms with Gasteiger partial charge in [-0.2, -0.15) is 0 Å². The van der Waals surface area contributed by atoms with E-state index in [1.54, 1.807) is 12.1 Å². The Morgan fingerprint density at radius 2 is 2.17 bits per heavy atom. The Balaban J connectivity index is 2.36. The summed E-state index contributed by atoms with van der Waals surface area (Å²) in [6.45, 7) is 2.47. The van der Waals surface area contributed by atoms with Gasteiger partial charge in [0.25, 0.3) is 5.91 Å². The van der Waals surface area contributed by atoms with Crippen LogP contribution in [0.3, 0.4) is 0 Å². The number of nitrogens with one attached hydrogen (secondary N) is 1. The molecule has 0 atom stereocenters. The van der Waals surface area contributed by atoms with Gasteiger partial charge in [0.1, 0.15) is 5.83 Å². The van der Waals surface area contributed by atoms with Crippen LogP contribution < -0.4 is 5.32 Å². The lowest BCUT2D eigenvalue weighted by Crippen LogP contribution is -2.23. The third-order valence-corrected chi connectivity index (χ3v) is 3.64. The quantitative estimate of drug-likeness (QED) is 0.905. The fraction of sp³-hybridized carbons (Fsp3) is 0.214. The molecule has 94 valence electrons. The van der Waals surface area contributed by atoms with E-state index >= 15 is 0 Å². The molecule has 2 nitrogen and oxygen atoms in total. The van der Waals surface area contributed by atoms with E-state index in [2.05, 4.69) is 5.32 Å². The summed E-state index contributed by atoms with van der Waals surface area (Å²) in [5, 5.41) is 2.79. The molecule has 0 unspecified atom stereocenters. The Kier molecular flexibility index (Phi) is 4.20. The second-order valence-corrected chi connectivity index (χ2v) is 4.86. The van der Waals surface area contributed by atoms with Crippen molar-refractivity contribution in [2.45, 2.75) is 6.92 Å². The number of carbonyl (C=O) groups is 1. The van der Waals surface area contributed by atoms with Crippen LogP contribution in [-0.2, 0) is 0 Å². The van der Waals surface area contributed by atoms with E-state index in [1.807, 2.05) is 25.1 Å². The molecule has 0 aliphatic carbocycles. The molecule has 1 aromatic rings. The molecule has 2 rings (SSSR count). The average Bonchev–Trinajstić information content (AvgIpc) is 2.40. The maximum absolute atomic E-state index is 13.0. The van der Waals surface area contributed by atoms with Gasteiger partial charge in [-0.15, -0.1) is 11.8 Å². The van der Waals surface area contributed by atoms with E-state index in [0.29, 0.717) is 17.9 Å². The van der Waals surface area contributed by atoms with Crippen molar-refractivity contribution in [3.63, 3.8) is 0 Å². The number of benzene rings is 1. The third-order valence-electron chi connectivity index (χ3n) is 2.56. The lowest BCUT2D eigenvalue weighted by Gasteiger charge is -2.14. The molecule has 0 spiro atoms. The largest absolute Gasteiger partial charge is 0.352 e. The van der Waals surface area contributed by atoms with Gasteiger partial charge in [0.15, 0.2) is 0 Å². The van der Waals surface area contributed by atoms with Crippen molar-refractivity contribution in [3.05, 3.63) is 53.4 Å². The number of allylic oxidation sites excluding steroid dienone is 2. The molecular formula is C14H14FNOS. The van der Waals surface area contributed by atoms with Crippen molar-refractivity contribution in [1.29, 1.82) is 0 Å². The van der Waals surface area contributed by atoms with Gasteiger partial charge in [-0.25, -0.2) is 4.39 Å². The maximum Gasteiger partial charge on any atom is 0.251 e. The number of carbonyl (C=O) groups excluding carboxylic acids is 1. The molecule has 1 aliphatic rings. The predicted octanol–water partition coefficient (Wildman–Crippen LogP) is 3.38. The molecule has 1 aromatic carbocycles. The fourth-order valence-corrected chi connectivity index (χ4v) is 2.62. The van der Waals surface area contributed by atoms with E-state index in [-0.39, 0.29) is 11.7 Å². The van der Waals surface area contributed by atoms with Crippen molar-refractivity contribution in [1.82, 2.24) is 5.32 Å². The first kappa shape index (κ1) is 12.9. The molecule has 1 aliphatic heterocycles. The van der Waals surface area contributed by atoms with E-state index in [4.69, 9.17) is 0 Å². The molecule has 0 radical (unpaired) electrons. The van der Waals surface area contributed by atoms with Crippen LogP contribution in [0.15, 0.2) is 42.2 Å². The minimum atomic E-state index is -0.140. The topological polar surface area (TPSA) is 29.1 Å². The van der Waals surface area contributed by atoms with Crippen LogP contribution in [0.25, 0.3) is 4.91 Å². The van der Waals surface area contributed by atoms with Crippen LogP contribution in [0.1, 0.15) is 22.8 Å². The Bertz CT molecular complexity index is 522. The molecule has 4 heteroatoms. The van der Waals surface area contributed by atoms with Gasteiger partial charge in [0.2, 0.25) is 0 Å². The van der Waals surface area contributed by atoms with Crippen molar-refractivity contribution in [3.8, 4) is 0 Å². The number of hydrogen-bond donors (Lipinski definition) is 1. The van der Waals surface area contributed by atoms with Crippen LogP contribution in [-0.4, -0.2) is 18.2 Å². The molecule has 0 saturated carbocycles. The number of rotatable bonds is 3. The highest BCUT2D eigenvalue weighted by Crippen LogP contribution is 2.34. The minimum Gasteiger partial charge on any atom is -0.352 e. The fourth-order valence-electron chi connectivity index (χ4n) is 1.73. The van der Waals surface area contributed by atoms with Crippen molar-refractivity contribution in [2.24, 2.45) is 0 Å². The number of halogens is 1. The van der Waals surface area contributed by atoms with Crippen LogP contribution in [0.2, 0.25) is 0 Å². The molecule has 18 heavy (non-hydrogen) atoms. The Morgan fingerprint density at radius 3 is 2.83 bits per heavy atom. The summed E-state index contributed by atoms with van der Waals surface area (Å²) in [5.74, 6) is 0.0964. The third kappa shape index (κ3) is 2.82. The van der Waals surface area contributed by atoms with Crippen molar-refractivity contribution < 1.29 is 9.18 Å². The summed E-state index contributed by atoms with van der Waals surface area (Å²) in [5.41, 5.74) is 1.49. The molecule has 0 bridgehead atoms. The van der Waals surface area contributed by atoms with E-state index in [9.17, 15) is 9.18 Å². The summed E-state index contributed by atoms with van der Waals surface area (Å²) in [6, 6.07) is 7.39. The molecule has 1 heterocycles. The van der Waals surface area contributed by atoms with Crippen LogP contribution in [0, 0.1) is 0 Å². The Hall–Kier alpha value is -1.55. The first-order valence-corrected chi connectivity index (χ1v) is 6.77. The van der Waals surface area contributed by atoms with Gasteiger partial charge in [-0.1, -0.05) is 18.2 Å². The second-order valence-electron chi connectivity index (χ2n) is 3.84. The summed E-state index contributed by atoms with van der Waals surface area (Å²) in [4.78, 5) is 12.9. The highest BCUT2D eigenvalue weighted by Gasteiger charge is 2.15. The summed E-state index contributed by atoms with van der Waals surface area (Å²) in [7, 11) is 0. The Morgan fingerprint density at radius 1 is 1.39 bits per heavy atom. The van der Waals surface area contributed by atoms with Crippen LogP contribution in [0.5, 0.6) is 0 Å². The standard InChI is InChI=1S/C14H14FNOS/c1-2-16-14(17)12-6-4-3-5-11(12)13-8-7-10(15)9-18-13/h3-8H,2,9H2,1H3,(H,16,17). The monoisotopic (exact) mass is 263 g/mol. The van der Waals surface area contributed by atoms with Crippen molar-refractivity contribution in [2.75, 3.05) is 12.3 Å². The second kappa shape index (κ2) is 5.87. The molecule has 0 aromatic heterocycles. The summed E-state index contributed by atoms with van der Waals surface area (Å²) in [6.07, 6.45) is 3.18. The van der Waals surface area contributed by atoms with Gasteiger partial charge in [-0.05, 0) is 25.1 Å². The number of thioether (sulfide) groups is 1. The van der Waals surface area contributed by atoms with Crippen molar-refractivity contribution >= 4 is 22.6 Å². The Labute approximate surface area is 110 Å².